The van der Waals surface area contributed by atoms with Gasteiger partial charge in [-0.15, -0.1) is 0 Å². The van der Waals surface area contributed by atoms with E-state index in [4.69, 9.17) is 5.73 Å². The van der Waals surface area contributed by atoms with Crippen LogP contribution in [0, 0.1) is 0 Å². The summed E-state index contributed by atoms with van der Waals surface area (Å²) in [5.74, 6) is 0.875. The maximum absolute atomic E-state index is 6.30. The van der Waals surface area contributed by atoms with E-state index in [1.165, 1.54) is 0 Å². The van der Waals surface area contributed by atoms with Gasteiger partial charge in [0.15, 0.2) is 0 Å². The molecule has 5 nitrogen and oxygen atoms in total. The van der Waals surface area contributed by atoms with Gasteiger partial charge < -0.3 is 5.73 Å². The van der Waals surface area contributed by atoms with Crippen LogP contribution in [0.3, 0.4) is 0 Å². The molecule has 0 aliphatic rings. The molecule has 3 aromatic rings. The molecule has 0 amide bonds. The lowest BCUT2D eigenvalue weighted by atomic mass is 10.0. The van der Waals surface area contributed by atoms with Gasteiger partial charge in [-0.2, -0.15) is 5.10 Å². The summed E-state index contributed by atoms with van der Waals surface area (Å²) < 4.78 is 1.75. The van der Waals surface area contributed by atoms with Crippen molar-refractivity contribution in [3.8, 4) is 0 Å². The van der Waals surface area contributed by atoms with Gasteiger partial charge in [-0.1, -0.05) is 24.3 Å². The Morgan fingerprint density at radius 1 is 1.21 bits per heavy atom. The molecule has 5 heteroatoms. The van der Waals surface area contributed by atoms with E-state index in [9.17, 15) is 0 Å². The maximum atomic E-state index is 6.30. The summed E-state index contributed by atoms with van der Waals surface area (Å²) in [6, 6.07) is 9.91. The summed E-state index contributed by atoms with van der Waals surface area (Å²) in [4.78, 5) is 8.64. The van der Waals surface area contributed by atoms with Crippen molar-refractivity contribution >= 4 is 10.9 Å². The van der Waals surface area contributed by atoms with Crippen molar-refractivity contribution in [1.29, 1.82) is 0 Å². The summed E-state index contributed by atoms with van der Waals surface area (Å²) in [5, 5.41) is 5.17. The monoisotopic (exact) mass is 253 g/mol. The Balaban J connectivity index is 1.98. The normalized spacial score (nSPS) is 12.7. The second-order valence-corrected chi connectivity index (χ2v) is 4.53. The molecule has 3 rings (SSSR count). The Bertz CT molecular complexity index is 698. The number of hydrogen-bond acceptors (Lipinski definition) is 4. The minimum absolute atomic E-state index is 0.138. The van der Waals surface area contributed by atoms with E-state index in [1.54, 1.807) is 17.2 Å². The Morgan fingerprint density at radius 3 is 2.84 bits per heavy atom. The Labute approximate surface area is 111 Å². The lowest BCUT2D eigenvalue weighted by Crippen LogP contribution is -2.16. The van der Waals surface area contributed by atoms with E-state index in [2.05, 4.69) is 15.1 Å². The summed E-state index contributed by atoms with van der Waals surface area (Å²) >= 11 is 0. The molecule has 1 unspecified atom stereocenters. The first-order valence-electron chi connectivity index (χ1n) is 6.18. The van der Waals surface area contributed by atoms with Crippen LogP contribution in [-0.2, 0) is 13.5 Å². The molecule has 0 aliphatic heterocycles. The largest absolute Gasteiger partial charge is 0.324 e. The third-order valence-corrected chi connectivity index (χ3v) is 3.27. The van der Waals surface area contributed by atoms with E-state index >= 15 is 0 Å². The first-order valence-corrected chi connectivity index (χ1v) is 6.18. The average molecular weight is 253 g/mol. The van der Waals surface area contributed by atoms with Crippen LogP contribution in [0.1, 0.15) is 17.4 Å². The highest BCUT2D eigenvalue weighted by molar-refractivity contribution is 5.81. The van der Waals surface area contributed by atoms with E-state index in [1.807, 2.05) is 37.4 Å². The Hall–Kier alpha value is -2.27. The molecule has 2 N–H and O–H groups in total. The minimum Gasteiger partial charge on any atom is -0.324 e. The number of nitrogens with two attached hydrogens (primary N) is 1. The van der Waals surface area contributed by atoms with Crippen LogP contribution in [0.15, 0.2) is 42.9 Å². The summed E-state index contributed by atoms with van der Waals surface area (Å²) in [6.45, 7) is 0. The topological polar surface area (TPSA) is 69.6 Å². The fourth-order valence-corrected chi connectivity index (χ4v) is 2.24. The lowest BCUT2D eigenvalue weighted by molar-refractivity contribution is 0.631. The molecule has 0 spiro atoms. The quantitative estimate of drug-likeness (QED) is 0.769. The number of benzene rings is 1. The van der Waals surface area contributed by atoms with Crippen molar-refractivity contribution < 1.29 is 0 Å². The first-order chi connectivity index (χ1) is 9.25. The highest BCUT2D eigenvalue weighted by Gasteiger charge is 2.13. The molecule has 2 aromatic heterocycles. The second kappa shape index (κ2) is 4.78. The third-order valence-electron chi connectivity index (χ3n) is 3.27. The number of aromatic nitrogens is 4. The SMILES string of the molecule is Cn1ncnc1CC(N)c1cccc2cccnc12. The Morgan fingerprint density at radius 2 is 2.05 bits per heavy atom. The van der Waals surface area contributed by atoms with Crippen molar-refractivity contribution in [2.24, 2.45) is 12.8 Å². The molecular weight excluding hydrogens is 238 g/mol. The minimum atomic E-state index is -0.138. The molecule has 96 valence electrons. The lowest BCUT2D eigenvalue weighted by Gasteiger charge is -2.13. The molecule has 19 heavy (non-hydrogen) atoms. The van der Waals surface area contributed by atoms with Gasteiger partial charge in [0.2, 0.25) is 0 Å². The highest BCUT2D eigenvalue weighted by atomic mass is 15.3. The third kappa shape index (κ3) is 2.20. The van der Waals surface area contributed by atoms with Gasteiger partial charge in [0.05, 0.1) is 5.52 Å². The van der Waals surface area contributed by atoms with E-state index in [0.717, 1.165) is 22.3 Å². The number of hydrogen-bond donors (Lipinski definition) is 1. The van der Waals surface area contributed by atoms with Crippen LogP contribution >= 0.6 is 0 Å². The zero-order valence-corrected chi connectivity index (χ0v) is 10.7. The number of pyridine rings is 1. The molecule has 2 heterocycles. The van der Waals surface area contributed by atoms with Gasteiger partial charge in [-0.3, -0.25) is 9.67 Å². The summed E-state index contributed by atoms with van der Waals surface area (Å²) in [6.07, 6.45) is 3.98. The molecule has 1 atom stereocenters. The first kappa shape index (κ1) is 11.8. The van der Waals surface area contributed by atoms with Crippen molar-refractivity contribution in [1.82, 2.24) is 19.7 Å². The Kier molecular flexibility index (Phi) is 2.97. The number of rotatable bonds is 3. The van der Waals surface area contributed by atoms with Crippen LogP contribution in [0.2, 0.25) is 0 Å². The van der Waals surface area contributed by atoms with Gasteiger partial charge in [-0.05, 0) is 11.6 Å². The highest BCUT2D eigenvalue weighted by Crippen LogP contribution is 2.22. The second-order valence-electron chi connectivity index (χ2n) is 4.53. The standard InChI is InChI=1S/C14H15N5/c1-19-13(17-9-18-19)8-12(15)11-6-2-4-10-5-3-7-16-14(10)11/h2-7,9,12H,8,15H2,1H3. The van der Waals surface area contributed by atoms with Gasteiger partial charge in [0, 0.05) is 31.1 Å². The summed E-state index contributed by atoms with van der Waals surface area (Å²) in [5.41, 5.74) is 8.30. The molecule has 0 fully saturated rings. The van der Waals surface area contributed by atoms with Gasteiger partial charge >= 0.3 is 0 Å². The molecule has 0 radical (unpaired) electrons. The predicted octanol–water partition coefficient (Wildman–Crippen LogP) is 1.61. The van der Waals surface area contributed by atoms with Crippen LogP contribution in [-0.4, -0.2) is 19.7 Å². The fraction of sp³-hybridized carbons (Fsp3) is 0.214. The fourth-order valence-electron chi connectivity index (χ4n) is 2.24. The van der Waals surface area contributed by atoms with Crippen molar-refractivity contribution in [2.75, 3.05) is 0 Å². The van der Waals surface area contributed by atoms with Crippen LogP contribution < -0.4 is 5.73 Å². The molecule has 1 aromatic carbocycles. The smallest absolute Gasteiger partial charge is 0.138 e. The zero-order valence-electron chi connectivity index (χ0n) is 10.7. The molecule has 0 bridgehead atoms. The molecule has 0 aliphatic carbocycles. The van der Waals surface area contributed by atoms with E-state index in [0.29, 0.717) is 6.42 Å². The van der Waals surface area contributed by atoms with Crippen molar-refractivity contribution in [2.45, 2.75) is 12.5 Å². The maximum Gasteiger partial charge on any atom is 0.138 e. The molecule has 0 saturated carbocycles. The van der Waals surface area contributed by atoms with E-state index in [-0.39, 0.29) is 6.04 Å². The predicted molar refractivity (Wildman–Crippen MR) is 73.4 cm³/mol. The van der Waals surface area contributed by atoms with Crippen LogP contribution in [0.4, 0.5) is 0 Å². The van der Waals surface area contributed by atoms with E-state index < -0.39 is 0 Å². The zero-order chi connectivity index (χ0) is 13.2. The number of aryl methyl sites for hydroxylation is 1. The molecular formula is C14H15N5. The van der Waals surface area contributed by atoms with Gasteiger partial charge in [0.1, 0.15) is 12.2 Å². The summed E-state index contributed by atoms with van der Waals surface area (Å²) in [7, 11) is 1.87. The average Bonchev–Trinajstić information content (AvgIpc) is 2.83. The van der Waals surface area contributed by atoms with Crippen molar-refractivity contribution in [3.63, 3.8) is 0 Å². The van der Waals surface area contributed by atoms with Crippen molar-refractivity contribution in [3.05, 3.63) is 54.2 Å². The van der Waals surface area contributed by atoms with Crippen LogP contribution in [0.25, 0.3) is 10.9 Å². The number of para-hydroxylation sites is 1. The number of fused-ring (bicyclic) bond motifs is 1. The van der Waals surface area contributed by atoms with Gasteiger partial charge in [-0.25, -0.2) is 4.98 Å². The molecule has 0 saturated heterocycles. The van der Waals surface area contributed by atoms with Crippen LogP contribution in [0.5, 0.6) is 0 Å². The number of nitrogens with zero attached hydrogens (tertiary/aromatic N) is 4. The van der Waals surface area contributed by atoms with Gasteiger partial charge in [0.25, 0.3) is 0 Å².